The molecule has 0 aliphatic heterocycles. The van der Waals surface area contributed by atoms with Crippen LogP contribution < -0.4 is 9.47 Å². The smallest absolute Gasteiger partial charge is 0.439 e. The zero-order chi connectivity index (χ0) is 18.9. The van der Waals surface area contributed by atoms with Gasteiger partial charge in [-0.05, 0) is 27.7 Å². The van der Waals surface area contributed by atoms with Crippen LogP contribution in [0.2, 0.25) is 0 Å². The van der Waals surface area contributed by atoms with E-state index < -0.39 is 48.1 Å². The lowest BCUT2D eigenvalue weighted by Gasteiger charge is -2.28. The van der Waals surface area contributed by atoms with Gasteiger partial charge in [-0.3, -0.25) is 0 Å². The van der Waals surface area contributed by atoms with Crippen LogP contribution in [0, 0.1) is 0 Å². The largest absolute Gasteiger partial charge is 0.461 e. The first-order chi connectivity index (χ1) is 10.7. The highest BCUT2D eigenvalue weighted by Gasteiger charge is 2.76. The summed E-state index contributed by atoms with van der Waals surface area (Å²) in [7, 11) is 0. The third-order valence-corrected chi connectivity index (χ3v) is 2.37. The van der Waals surface area contributed by atoms with E-state index in [9.17, 15) is 30.7 Å². The van der Waals surface area contributed by atoms with Crippen LogP contribution in [-0.2, 0) is 5.67 Å². The van der Waals surface area contributed by atoms with Crippen LogP contribution in [0.3, 0.4) is 0 Å². The summed E-state index contributed by atoms with van der Waals surface area (Å²) in [6, 6.07) is -1.83. The van der Waals surface area contributed by atoms with Crippen molar-refractivity contribution >= 4 is 0 Å². The van der Waals surface area contributed by atoms with Crippen LogP contribution in [0.5, 0.6) is 12.0 Å². The Labute approximate surface area is 132 Å². The molecule has 1 aromatic rings. The third kappa shape index (κ3) is 4.15. The molecule has 5 nitrogen and oxygen atoms in total. The molecule has 0 aliphatic carbocycles. The number of ether oxygens (including phenoxy) is 2. The molecule has 0 radical (unpaired) electrons. The zero-order valence-corrected chi connectivity index (χ0v) is 13.0. The van der Waals surface area contributed by atoms with E-state index in [1.165, 1.54) is 27.7 Å². The van der Waals surface area contributed by atoms with Gasteiger partial charge >= 0.3 is 30.0 Å². The van der Waals surface area contributed by atoms with Gasteiger partial charge in [-0.2, -0.15) is 36.3 Å². The second kappa shape index (κ2) is 6.55. The minimum atomic E-state index is -6.35. The molecule has 0 amide bonds. The van der Waals surface area contributed by atoms with Gasteiger partial charge in [-0.15, -0.1) is 4.98 Å². The lowest BCUT2D eigenvalue weighted by Crippen LogP contribution is -2.51. The number of halogens is 7. The lowest BCUT2D eigenvalue weighted by molar-refractivity contribution is -0.351. The molecule has 0 aromatic carbocycles. The Morgan fingerprint density at radius 3 is 1.25 bits per heavy atom. The van der Waals surface area contributed by atoms with E-state index in [-0.39, 0.29) is 0 Å². The molecule has 0 fully saturated rings. The highest BCUT2D eigenvalue weighted by Crippen LogP contribution is 2.52. The topological polar surface area (TPSA) is 57.1 Å². The molecule has 0 spiro atoms. The predicted molar refractivity (Wildman–Crippen MR) is 66.3 cm³/mol. The lowest BCUT2D eigenvalue weighted by atomic mass is 10.0. The number of alkyl halides is 7. The van der Waals surface area contributed by atoms with Gasteiger partial charge in [0.05, 0.1) is 12.2 Å². The summed E-state index contributed by atoms with van der Waals surface area (Å²) < 4.78 is 101. The van der Waals surface area contributed by atoms with Crippen molar-refractivity contribution in [3.63, 3.8) is 0 Å². The van der Waals surface area contributed by atoms with Crippen molar-refractivity contribution in [2.75, 3.05) is 0 Å². The standard InChI is InChI=1S/C12H14F7N3O2/c1-5(2)23-8-20-7(21-9(22-8)24-6(3)4)10(13,11(14,15)16)12(17,18)19/h5-6H,1-4H3. The van der Waals surface area contributed by atoms with Crippen LogP contribution >= 0.6 is 0 Å². The van der Waals surface area contributed by atoms with Crippen LogP contribution in [-0.4, -0.2) is 39.5 Å². The SMILES string of the molecule is CC(C)Oc1nc(OC(C)C)nc(C(F)(C(F)(F)F)C(F)(F)F)n1. The van der Waals surface area contributed by atoms with E-state index in [4.69, 9.17) is 9.47 Å². The second-order valence-electron chi connectivity index (χ2n) is 5.21. The Balaban J connectivity index is 3.58. The summed E-state index contributed by atoms with van der Waals surface area (Å²) in [5.74, 6) is -2.20. The van der Waals surface area contributed by atoms with Gasteiger partial charge < -0.3 is 9.47 Å². The maximum atomic E-state index is 14.1. The summed E-state index contributed by atoms with van der Waals surface area (Å²) in [6.45, 7) is 5.68. The summed E-state index contributed by atoms with van der Waals surface area (Å²) in [6.07, 6.45) is -14.1. The fraction of sp³-hybridized carbons (Fsp3) is 0.750. The molecule has 0 aliphatic rings. The number of rotatable bonds is 5. The first-order valence-electron chi connectivity index (χ1n) is 6.60. The first-order valence-corrected chi connectivity index (χ1v) is 6.60. The van der Waals surface area contributed by atoms with Crippen molar-refractivity contribution < 1.29 is 40.2 Å². The first kappa shape index (κ1) is 20.2. The minimum Gasteiger partial charge on any atom is -0.461 e. The fourth-order valence-corrected chi connectivity index (χ4v) is 1.43. The van der Waals surface area contributed by atoms with Crippen LogP contribution in [0.1, 0.15) is 33.5 Å². The predicted octanol–water partition coefficient (Wildman–Crippen LogP) is 3.74. The van der Waals surface area contributed by atoms with Gasteiger partial charge in [0.25, 0.3) is 0 Å². The monoisotopic (exact) mass is 365 g/mol. The summed E-state index contributed by atoms with van der Waals surface area (Å²) in [4.78, 5) is 9.12. The number of aromatic nitrogens is 3. The Kier molecular flexibility index (Phi) is 5.51. The van der Waals surface area contributed by atoms with Crippen molar-refractivity contribution in [1.29, 1.82) is 0 Å². The van der Waals surface area contributed by atoms with Gasteiger partial charge in [0, 0.05) is 0 Å². The maximum absolute atomic E-state index is 14.1. The Bertz CT molecular complexity index is 531. The van der Waals surface area contributed by atoms with E-state index in [0.29, 0.717) is 0 Å². The van der Waals surface area contributed by atoms with Crippen LogP contribution in [0.25, 0.3) is 0 Å². The molecular weight excluding hydrogens is 351 g/mol. The highest BCUT2D eigenvalue weighted by atomic mass is 19.4. The quantitative estimate of drug-likeness (QED) is 0.744. The molecule has 0 saturated heterocycles. The highest BCUT2D eigenvalue weighted by molar-refractivity contribution is 5.16. The second-order valence-corrected chi connectivity index (χ2v) is 5.21. The third-order valence-electron chi connectivity index (χ3n) is 2.37. The number of hydrogen-bond acceptors (Lipinski definition) is 5. The molecule has 0 unspecified atom stereocenters. The minimum absolute atomic E-state index is 0.696. The Morgan fingerprint density at radius 1 is 0.667 bits per heavy atom. The molecule has 1 heterocycles. The van der Waals surface area contributed by atoms with Gasteiger partial charge in [-0.25, -0.2) is 4.39 Å². The van der Waals surface area contributed by atoms with E-state index in [2.05, 4.69) is 15.0 Å². The van der Waals surface area contributed by atoms with E-state index in [1.54, 1.807) is 0 Å². The Hall–Kier alpha value is -1.88. The van der Waals surface area contributed by atoms with Crippen molar-refractivity contribution in [3.8, 4) is 12.0 Å². The summed E-state index contributed by atoms with van der Waals surface area (Å²) in [5, 5.41) is 0. The van der Waals surface area contributed by atoms with Gasteiger partial charge in [0.1, 0.15) is 0 Å². The maximum Gasteiger partial charge on any atom is 0.439 e. The molecule has 138 valence electrons. The van der Waals surface area contributed by atoms with Gasteiger partial charge in [0.2, 0.25) is 0 Å². The Morgan fingerprint density at radius 2 is 1.00 bits per heavy atom. The van der Waals surface area contributed by atoms with Crippen molar-refractivity contribution in [2.45, 2.75) is 57.9 Å². The number of nitrogens with zero attached hydrogens (tertiary/aromatic N) is 3. The van der Waals surface area contributed by atoms with Crippen molar-refractivity contribution in [1.82, 2.24) is 15.0 Å². The molecule has 24 heavy (non-hydrogen) atoms. The van der Waals surface area contributed by atoms with E-state index in [0.717, 1.165) is 0 Å². The average Bonchev–Trinajstić information content (AvgIpc) is 2.32. The fourth-order valence-electron chi connectivity index (χ4n) is 1.43. The van der Waals surface area contributed by atoms with Crippen molar-refractivity contribution in [3.05, 3.63) is 5.82 Å². The molecule has 0 saturated carbocycles. The molecule has 0 bridgehead atoms. The van der Waals surface area contributed by atoms with Gasteiger partial charge in [-0.1, -0.05) is 0 Å². The van der Waals surface area contributed by atoms with Gasteiger partial charge in [0.15, 0.2) is 5.82 Å². The summed E-state index contributed by atoms with van der Waals surface area (Å²) in [5.41, 5.74) is -5.80. The molecule has 12 heteroatoms. The molecule has 0 atom stereocenters. The molecule has 1 aromatic heterocycles. The molecule has 0 N–H and O–H groups in total. The van der Waals surface area contributed by atoms with Crippen LogP contribution in [0.4, 0.5) is 30.7 Å². The summed E-state index contributed by atoms with van der Waals surface area (Å²) >= 11 is 0. The molecular formula is C12H14F7N3O2. The number of hydrogen-bond donors (Lipinski definition) is 0. The van der Waals surface area contributed by atoms with E-state index in [1.807, 2.05) is 0 Å². The zero-order valence-electron chi connectivity index (χ0n) is 13.0. The normalized spacial score (nSPS) is 13.5. The van der Waals surface area contributed by atoms with Crippen LogP contribution in [0.15, 0.2) is 0 Å². The molecule has 1 rings (SSSR count). The van der Waals surface area contributed by atoms with Crippen molar-refractivity contribution in [2.24, 2.45) is 0 Å². The van der Waals surface area contributed by atoms with E-state index >= 15 is 0 Å². The average molecular weight is 365 g/mol.